The fraction of sp³-hybridized carbons (Fsp3) is 0.133. The fourth-order valence-electron chi connectivity index (χ4n) is 1.98. The Kier molecular flexibility index (Phi) is 3.94. The van der Waals surface area contributed by atoms with Crippen molar-refractivity contribution < 1.29 is 4.74 Å². The molecule has 0 amide bonds. The minimum atomic E-state index is 0.388. The topological polar surface area (TPSA) is 52.8 Å². The number of methoxy groups -OCH3 is 1. The lowest BCUT2D eigenvalue weighted by molar-refractivity contribution is 0.181. The molecule has 0 aliphatic rings. The first-order valence-corrected chi connectivity index (χ1v) is 6.77. The molecule has 106 valence electrons. The number of hydrogen-bond donors (Lipinski definition) is 0. The Morgan fingerprint density at radius 2 is 2.00 bits per heavy atom. The molecular weight excluding hydrogens is 288 g/mol. The molecule has 3 aromatic rings. The number of halogens is 1. The van der Waals surface area contributed by atoms with Crippen LogP contribution in [0.2, 0.25) is 5.15 Å². The molecule has 1 aromatic carbocycles. The van der Waals surface area contributed by atoms with E-state index in [2.05, 4.69) is 15.1 Å². The molecule has 2 heterocycles. The molecule has 0 saturated carbocycles. The number of nitrogens with zero attached hydrogens (tertiary/aromatic N) is 4. The molecule has 6 heteroatoms. The molecule has 0 aliphatic heterocycles. The van der Waals surface area contributed by atoms with E-state index in [0.717, 1.165) is 16.9 Å². The van der Waals surface area contributed by atoms with Crippen LogP contribution in [0.5, 0.6) is 0 Å². The highest BCUT2D eigenvalue weighted by molar-refractivity contribution is 6.29. The molecule has 2 aromatic heterocycles. The monoisotopic (exact) mass is 300 g/mol. The molecule has 0 spiro atoms. The smallest absolute Gasteiger partial charge is 0.164 e. The van der Waals surface area contributed by atoms with Crippen molar-refractivity contribution in [3.63, 3.8) is 0 Å². The maximum atomic E-state index is 6.03. The highest BCUT2D eigenvalue weighted by atomic mass is 35.5. The summed E-state index contributed by atoms with van der Waals surface area (Å²) in [5.41, 5.74) is 2.52. The fourth-order valence-corrected chi connectivity index (χ4v) is 2.18. The molecule has 0 N–H and O–H groups in total. The first-order chi connectivity index (χ1) is 10.3. The van der Waals surface area contributed by atoms with Crippen molar-refractivity contribution in [3.05, 3.63) is 59.6 Å². The van der Waals surface area contributed by atoms with Crippen LogP contribution in [0.1, 0.15) is 5.69 Å². The van der Waals surface area contributed by atoms with Gasteiger partial charge in [0.05, 0.1) is 29.7 Å². The molecule has 0 saturated heterocycles. The number of ether oxygens (including phenoxy) is 1. The Hall–Kier alpha value is -2.24. The van der Waals surface area contributed by atoms with E-state index in [9.17, 15) is 0 Å². The van der Waals surface area contributed by atoms with E-state index in [4.69, 9.17) is 16.3 Å². The number of para-hydroxylation sites is 1. The van der Waals surface area contributed by atoms with E-state index >= 15 is 0 Å². The second kappa shape index (κ2) is 6.03. The highest BCUT2D eigenvalue weighted by Gasteiger charge is 2.09. The first-order valence-electron chi connectivity index (χ1n) is 6.39. The predicted octanol–water partition coefficient (Wildman–Crippen LogP) is 3.13. The van der Waals surface area contributed by atoms with Crippen molar-refractivity contribution in [2.75, 3.05) is 7.11 Å². The van der Waals surface area contributed by atoms with Gasteiger partial charge in [0.15, 0.2) is 5.82 Å². The largest absolute Gasteiger partial charge is 0.378 e. The molecular formula is C15H13ClN4O. The summed E-state index contributed by atoms with van der Waals surface area (Å²) < 4.78 is 6.85. The standard InChI is InChI=1S/C15H13ClN4O/c1-21-10-12-7-14(16)19-15(18-12)11-8-17-20(9-11)13-5-3-2-4-6-13/h2-9H,10H2,1H3. The van der Waals surface area contributed by atoms with Gasteiger partial charge >= 0.3 is 0 Å². The summed E-state index contributed by atoms with van der Waals surface area (Å²) in [6.07, 6.45) is 3.59. The molecule has 0 radical (unpaired) electrons. The van der Waals surface area contributed by atoms with E-state index in [0.29, 0.717) is 17.6 Å². The molecule has 0 atom stereocenters. The van der Waals surface area contributed by atoms with E-state index in [1.807, 2.05) is 36.5 Å². The Labute approximate surface area is 127 Å². The maximum Gasteiger partial charge on any atom is 0.164 e. The van der Waals surface area contributed by atoms with Gasteiger partial charge in [-0.15, -0.1) is 0 Å². The Morgan fingerprint density at radius 3 is 2.76 bits per heavy atom. The van der Waals surface area contributed by atoms with Crippen molar-refractivity contribution in [1.82, 2.24) is 19.7 Å². The van der Waals surface area contributed by atoms with Crippen LogP contribution in [-0.2, 0) is 11.3 Å². The lowest BCUT2D eigenvalue weighted by Gasteiger charge is -2.03. The van der Waals surface area contributed by atoms with Crippen LogP contribution >= 0.6 is 11.6 Å². The van der Waals surface area contributed by atoms with Crippen molar-refractivity contribution >= 4 is 11.6 Å². The zero-order valence-corrected chi connectivity index (χ0v) is 12.2. The Bertz CT molecular complexity index is 742. The van der Waals surface area contributed by atoms with Gasteiger partial charge < -0.3 is 4.74 Å². The first kappa shape index (κ1) is 13.7. The zero-order valence-electron chi connectivity index (χ0n) is 11.4. The molecule has 21 heavy (non-hydrogen) atoms. The summed E-state index contributed by atoms with van der Waals surface area (Å²) in [7, 11) is 1.61. The summed E-state index contributed by atoms with van der Waals surface area (Å²) in [4.78, 5) is 8.67. The molecule has 0 unspecified atom stereocenters. The van der Waals surface area contributed by atoms with Gasteiger partial charge in [0.1, 0.15) is 5.15 Å². The second-order valence-electron chi connectivity index (χ2n) is 4.45. The highest BCUT2D eigenvalue weighted by Crippen LogP contribution is 2.19. The third kappa shape index (κ3) is 3.09. The van der Waals surface area contributed by atoms with Gasteiger partial charge in [0.2, 0.25) is 0 Å². The van der Waals surface area contributed by atoms with Crippen molar-refractivity contribution in [2.24, 2.45) is 0 Å². The molecule has 5 nitrogen and oxygen atoms in total. The van der Waals surface area contributed by atoms with Crippen molar-refractivity contribution in [1.29, 1.82) is 0 Å². The van der Waals surface area contributed by atoms with Crippen LogP contribution in [-0.4, -0.2) is 26.9 Å². The van der Waals surface area contributed by atoms with Gasteiger partial charge in [-0.1, -0.05) is 29.8 Å². The lowest BCUT2D eigenvalue weighted by atomic mass is 10.3. The quantitative estimate of drug-likeness (QED) is 0.695. The number of benzene rings is 1. The third-order valence-electron chi connectivity index (χ3n) is 2.90. The summed E-state index contributed by atoms with van der Waals surface area (Å²) in [5.74, 6) is 0.539. The van der Waals surface area contributed by atoms with Crippen molar-refractivity contribution in [3.8, 4) is 17.1 Å². The van der Waals surface area contributed by atoms with E-state index in [-0.39, 0.29) is 0 Å². The minimum Gasteiger partial charge on any atom is -0.378 e. The van der Waals surface area contributed by atoms with E-state index in [1.165, 1.54) is 0 Å². The summed E-state index contributed by atoms with van der Waals surface area (Å²) in [5, 5.41) is 4.72. The Morgan fingerprint density at radius 1 is 1.19 bits per heavy atom. The lowest BCUT2D eigenvalue weighted by Crippen LogP contribution is -1.97. The molecule has 0 fully saturated rings. The van der Waals surface area contributed by atoms with Gasteiger partial charge in [-0.3, -0.25) is 0 Å². The number of rotatable bonds is 4. The van der Waals surface area contributed by atoms with Gasteiger partial charge in [-0.05, 0) is 18.2 Å². The average molecular weight is 301 g/mol. The number of hydrogen-bond acceptors (Lipinski definition) is 4. The maximum absolute atomic E-state index is 6.03. The third-order valence-corrected chi connectivity index (χ3v) is 3.10. The predicted molar refractivity (Wildman–Crippen MR) is 80.3 cm³/mol. The van der Waals surface area contributed by atoms with Crippen LogP contribution in [0.25, 0.3) is 17.1 Å². The number of aromatic nitrogens is 4. The molecule has 0 aliphatic carbocycles. The summed E-state index contributed by atoms with van der Waals surface area (Å²) >= 11 is 6.03. The zero-order chi connectivity index (χ0) is 14.7. The van der Waals surface area contributed by atoms with Crippen LogP contribution in [0, 0.1) is 0 Å². The minimum absolute atomic E-state index is 0.388. The van der Waals surface area contributed by atoms with Crippen LogP contribution in [0.15, 0.2) is 48.8 Å². The summed E-state index contributed by atoms with van der Waals surface area (Å²) in [6, 6.07) is 11.5. The van der Waals surface area contributed by atoms with Gasteiger partial charge in [-0.25, -0.2) is 14.6 Å². The van der Waals surface area contributed by atoms with Gasteiger partial charge in [0.25, 0.3) is 0 Å². The normalized spacial score (nSPS) is 10.8. The van der Waals surface area contributed by atoms with Gasteiger partial charge in [-0.2, -0.15) is 5.10 Å². The van der Waals surface area contributed by atoms with Crippen LogP contribution in [0.4, 0.5) is 0 Å². The van der Waals surface area contributed by atoms with Crippen molar-refractivity contribution in [2.45, 2.75) is 6.61 Å². The van der Waals surface area contributed by atoms with Gasteiger partial charge in [0, 0.05) is 13.3 Å². The second-order valence-corrected chi connectivity index (χ2v) is 4.84. The average Bonchev–Trinajstić information content (AvgIpc) is 2.98. The summed E-state index contributed by atoms with van der Waals surface area (Å²) in [6.45, 7) is 0.391. The van der Waals surface area contributed by atoms with E-state index < -0.39 is 0 Å². The van der Waals surface area contributed by atoms with Crippen LogP contribution < -0.4 is 0 Å². The molecule has 0 bridgehead atoms. The van der Waals surface area contributed by atoms with E-state index in [1.54, 1.807) is 24.1 Å². The SMILES string of the molecule is COCc1cc(Cl)nc(-c2cnn(-c3ccccc3)c2)n1. The van der Waals surface area contributed by atoms with Crippen LogP contribution in [0.3, 0.4) is 0 Å². The Balaban J connectivity index is 1.96. The molecule has 3 rings (SSSR count).